The predicted molar refractivity (Wildman–Crippen MR) is 99.2 cm³/mol. The number of nitrogens with one attached hydrogen (secondary N) is 2. The molecule has 0 amide bonds. The first-order valence-electron chi connectivity index (χ1n) is 7.06. The zero-order chi connectivity index (χ0) is 16.9. The Labute approximate surface area is 163 Å². The van der Waals surface area contributed by atoms with E-state index in [1.807, 2.05) is 13.0 Å². The molecule has 24 heavy (non-hydrogen) atoms. The van der Waals surface area contributed by atoms with Gasteiger partial charge in [0.1, 0.15) is 0 Å². The number of ether oxygens (including phenoxy) is 2. The Hall–Kier alpha value is -0.910. The van der Waals surface area contributed by atoms with Gasteiger partial charge in [0.25, 0.3) is 0 Å². The first kappa shape index (κ1) is 21.1. The molecule has 10 heteroatoms. The Balaban J connectivity index is 0.00000288. The first-order chi connectivity index (χ1) is 10.9. The smallest absolute Gasteiger partial charge is 0.390 e. The Morgan fingerprint density at radius 1 is 1.29 bits per heavy atom. The average molecular weight is 524 g/mol. The highest BCUT2D eigenvalue weighted by atomic mass is 127. The van der Waals surface area contributed by atoms with Gasteiger partial charge in [-0.1, -0.05) is 0 Å². The lowest BCUT2D eigenvalue weighted by atomic mass is 10.2. The second-order valence-electron chi connectivity index (χ2n) is 4.80. The lowest BCUT2D eigenvalue weighted by molar-refractivity contribution is -0.132. The molecule has 0 saturated carbocycles. The molecule has 1 heterocycles. The van der Waals surface area contributed by atoms with Crippen molar-refractivity contribution in [3.8, 4) is 11.5 Å². The zero-order valence-electron chi connectivity index (χ0n) is 12.9. The Kier molecular flexibility index (Phi) is 8.40. The van der Waals surface area contributed by atoms with Crippen LogP contribution in [-0.2, 0) is 6.54 Å². The van der Waals surface area contributed by atoms with Crippen molar-refractivity contribution in [1.29, 1.82) is 0 Å². The monoisotopic (exact) mass is 523 g/mol. The molecule has 1 aromatic rings. The Morgan fingerprint density at radius 3 is 2.71 bits per heavy atom. The van der Waals surface area contributed by atoms with Gasteiger partial charge in [0.15, 0.2) is 17.5 Å². The molecule has 0 bridgehead atoms. The molecule has 2 rings (SSSR count). The molecule has 5 nitrogen and oxygen atoms in total. The standard InChI is InChI=1S/C14H17BrF3N3O2.HI/c1-2-19-13(20-4-3-14(16,17)18)21-7-9-5-10(15)12-11(6-9)22-8-23-12;/h5-6H,2-4,7-8H2,1H3,(H2,19,20,21);1H. The summed E-state index contributed by atoms with van der Waals surface area (Å²) in [6, 6.07) is 3.65. The third-order valence-corrected chi connectivity index (χ3v) is 3.54. The number of halogens is 5. The van der Waals surface area contributed by atoms with Crippen molar-refractivity contribution >= 4 is 45.9 Å². The highest BCUT2D eigenvalue weighted by Crippen LogP contribution is 2.40. The second kappa shape index (κ2) is 9.54. The van der Waals surface area contributed by atoms with Gasteiger partial charge in [0, 0.05) is 13.1 Å². The fourth-order valence-electron chi connectivity index (χ4n) is 1.95. The summed E-state index contributed by atoms with van der Waals surface area (Å²) < 4.78 is 47.9. The van der Waals surface area contributed by atoms with Gasteiger partial charge in [-0.25, -0.2) is 4.99 Å². The maximum atomic E-state index is 12.2. The summed E-state index contributed by atoms with van der Waals surface area (Å²) in [6.07, 6.45) is -5.10. The Morgan fingerprint density at radius 2 is 2.04 bits per heavy atom. The fourth-order valence-corrected chi connectivity index (χ4v) is 2.55. The number of aliphatic imine (C=N–C) groups is 1. The number of nitrogens with zero attached hydrogens (tertiary/aromatic N) is 1. The molecule has 1 aromatic carbocycles. The van der Waals surface area contributed by atoms with E-state index in [0.29, 0.717) is 30.5 Å². The van der Waals surface area contributed by atoms with Crippen LogP contribution in [0, 0.1) is 0 Å². The molecular formula is C14H18BrF3IN3O2. The largest absolute Gasteiger partial charge is 0.454 e. The van der Waals surface area contributed by atoms with E-state index in [1.54, 1.807) is 6.07 Å². The first-order valence-corrected chi connectivity index (χ1v) is 7.85. The number of hydrogen-bond acceptors (Lipinski definition) is 3. The van der Waals surface area contributed by atoms with Gasteiger partial charge in [-0.2, -0.15) is 13.2 Å². The van der Waals surface area contributed by atoms with E-state index in [1.165, 1.54) is 0 Å². The van der Waals surface area contributed by atoms with Gasteiger partial charge < -0.3 is 20.1 Å². The maximum Gasteiger partial charge on any atom is 0.390 e. The van der Waals surface area contributed by atoms with E-state index < -0.39 is 12.6 Å². The summed E-state index contributed by atoms with van der Waals surface area (Å²) in [5, 5.41) is 5.58. The molecule has 0 unspecified atom stereocenters. The van der Waals surface area contributed by atoms with Crippen molar-refractivity contribution in [3.05, 3.63) is 22.2 Å². The number of rotatable bonds is 5. The minimum atomic E-state index is -4.19. The molecule has 0 radical (unpaired) electrons. The van der Waals surface area contributed by atoms with Gasteiger partial charge in [-0.05, 0) is 40.5 Å². The van der Waals surface area contributed by atoms with Crippen molar-refractivity contribution in [1.82, 2.24) is 10.6 Å². The van der Waals surface area contributed by atoms with Crippen LogP contribution in [0.3, 0.4) is 0 Å². The highest BCUT2D eigenvalue weighted by Gasteiger charge is 2.26. The minimum Gasteiger partial charge on any atom is -0.454 e. The molecule has 2 N–H and O–H groups in total. The summed E-state index contributed by atoms with van der Waals surface area (Å²) in [5.41, 5.74) is 0.856. The summed E-state index contributed by atoms with van der Waals surface area (Å²) in [6.45, 7) is 2.65. The van der Waals surface area contributed by atoms with Gasteiger partial charge in [-0.3, -0.25) is 0 Å². The maximum absolute atomic E-state index is 12.2. The lowest BCUT2D eigenvalue weighted by Crippen LogP contribution is -2.38. The van der Waals surface area contributed by atoms with E-state index in [0.717, 1.165) is 10.0 Å². The van der Waals surface area contributed by atoms with Crippen molar-refractivity contribution < 1.29 is 22.6 Å². The predicted octanol–water partition coefficient (Wildman–Crippen LogP) is 3.80. The fraction of sp³-hybridized carbons (Fsp3) is 0.500. The molecule has 1 aliphatic heterocycles. The number of guanidine groups is 1. The van der Waals surface area contributed by atoms with Crippen LogP contribution < -0.4 is 20.1 Å². The minimum absolute atomic E-state index is 0. The average Bonchev–Trinajstić information content (AvgIpc) is 2.92. The molecule has 0 aromatic heterocycles. The van der Waals surface area contributed by atoms with Crippen molar-refractivity contribution in [2.24, 2.45) is 4.99 Å². The summed E-state index contributed by atoms with van der Waals surface area (Å²) in [7, 11) is 0. The quantitative estimate of drug-likeness (QED) is 0.350. The molecule has 1 aliphatic rings. The van der Waals surface area contributed by atoms with Crippen molar-refractivity contribution in [3.63, 3.8) is 0 Å². The zero-order valence-corrected chi connectivity index (χ0v) is 16.8. The summed E-state index contributed by atoms with van der Waals surface area (Å²) in [5.74, 6) is 1.61. The number of hydrogen-bond donors (Lipinski definition) is 2. The van der Waals surface area contributed by atoms with Crippen molar-refractivity contribution in [2.75, 3.05) is 19.9 Å². The topological polar surface area (TPSA) is 54.9 Å². The van der Waals surface area contributed by atoms with Gasteiger partial charge in [0.2, 0.25) is 6.79 Å². The molecule has 0 atom stereocenters. The third-order valence-electron chi connectivity index (χ3n) is 2.95. The van der Waals surface area contributed by atoms with Crippen LogP contribution in [0.2, 0.25) is 0 Å². The van der Waals surface area contributed by atoms with Crippen LogP contribution in [0.15, 0.2) is 21.6 Å². The van der Waals surface area contributed by atoms with Crippen LogP contribution in [0.5, 0.6) is 11.5 Å². The molecule has 136 valence electrons. The summed E-state index contributed by atoms with van der Waals surface area (Å²) in [4.78, 5) is 4.28. The number of benzene rings is 1. The molecule has 0 aliphatic carbocycles. The number of alkyl halides is 3. The summed E-state index contributed by atoms with van der Waals surface area (Å²) >= 11 is 3.39. The van der Waals surface area contributed by atoms with E-state index in [4.69, 9.17) is 9.47 Å². The van der Waals surface area contributed by atoms with Crippen LogP contribution in [0.25, 0.3) is 0 Å². The van der Waals surface area contributed by atoms with E-state index in [9.17, 15) is 13.2 Å². The third kappa shape index (κ3) is 6.54. The molecule has 0 saturated heterocycles. The normalized spacial score (nSPS) is 13.5. The van der Waals surface area contributed by atoms with Gasteiger partial charge in [-0.15, -0.1) is 24.0 Å². The van der Waals surface area contributed by atoms with E-state index in [2.05, 4.69) is 31.6 Å². The van der Waals surface area contributed by atoms with Crippen LogP contribution >= 0.6 is 39.9 Å². The molecule has 0 fully saturated rings. The molecular weight excluding hydrogens is 506 g/mol. The van der Waals surface area contributed by atoms with Crippen LogP contribution in [0.1, 0.15) is 18.9 Å². The highest BCUT2D eigenvalue weighted by molar-refractivity contribution is 14.0. The van der Waals surface area contributed by atoms with Gasteiger partial charge in [0.05, 0.1) is 17.4 Å². The molecule has 0 spiro atoms. The van der Waals surface area contributed by atoms with Crippen LogP contribution in [0.4, 0.5) is 13.2 Å². The van der Waals surface area contributed by atoms with Crippen LogP contribution in [-0.4, -0.2) is 32.0 Å². The van der Waals surface area contributed by atoms with Gasteiger partial charge >= 0.3 is 6.18 Å². The SMILES string of the molecule is CCNC(=NCc1cc(Br)c2c(c1)OCO2)NCCC(F)(F)F.I. The second-order valence-corrected chi connectivity index (χ2v) is 5.65. The number of fused-ring (bicyclic) bond motifs is 1. The van der Waals surface area contributed by atoms with Crippen molar-refractivity contribution in [2.45, 2.75) is 26.1 Å². The van der Waals surface area contributed by atoms with E-state index >= 15 is 0 Å². The van der Waals surface area contributed by atoms with E-state index in [-0.39, 0.29) is 37.3 Å². The Bertz CT molecular complexity index is 585. The lowest BCUT2D eigenvalue weighted by Gasteiger charge is -2.12.